The molecule has 3 aliphatic heterocycles. The molecule has 28 heavy (non-hydrogen) atoms. The van der Waals surface area contributed by atoms with Crippen molar-refractivity contribution in [3.63, 3.8) is 0 Å². The fourth-order valence-corrected chi connectivity index (χ4v) is 3.55. The lowest BCUT2D eigenvalue weighted by molar-refractivity contribution is -0.137. The van der Waals surface area contributed by atoms with Crippen molar-refractivity contribution in [1.82, 2.24) is 4.90 Å². The van der Waals surface area contributed by atoms with Crippen molar-refractivity contribution < 1.29 is 24.1 Å². The lowest BCUT2D eigenvalue weighted by atomic mass is 9.98. The maximum absolute atomic E-state index is 10.9. The molecule has 0 saturated carbocycles. The first-order valence-corrected chi connectivity index (χ1v) is 9.65. The molecule has 0 radical (unpaired) electrons. The quantitative estimate of drug-likeness (QED) is 0.660. The van der Waals surface area contributed by atoms with Crippen molar-refractivity contribution in [3.8, 4) is 11.5 Å². The van der Waals surface area contributed by atoms with E-state index in [9.17, 15) is 4.79 Å². The van der Waals surface area contributed by atoms with Crippen LogP contribution in [-0.2, 0) is 9.53 Å². The number of rotatable bonds is 9. The molecule has 0 fully saturated rings. The number of fused-ring (bicyclic) bond motifs is 2. The molecule has 1 unspecified atom stereocenters. The summed E-state index contributed by atoms with van der Waals surface area (Å²) in [5.74, 6) is 2.35. The van der Waals surface area contributed by atoms with Gasteiger partial charge in [-0.1, -0.05) is 6.07 Å². The fraction of sp³-hybridized carbons (Fsp3) is 0.429. The second-order valence-electron chi connectivity index (χ2n) is 6.98. The number of amidine groups is 1. The summed E-state index contributed by atoms with van der Waals surface area (Å²) in [6.45, 7) is 3.36. The van der Waals surface area contributed by atoms with Crippen LogP contribution in [-0.4, -0.2) is 54.7 Å². The molecular formula is C21H24N2O5. The Balaban J connectivity index is 1.18. The highest BCUT2D eigenvalue weighted by Crippen LogP contribution is 2.38. The molecule has 1 aromatic carbocycles. The Hall–Kier alpha value is -2.96. The van der Waals surface area contributed by atoms with Gasteiger partial charge < -0.3 is 24.2 Å². The Morgan fingerprint density at radius 1 is 1.29 bits per heavy atom. The van der Waals surface area contributed by atoms with E-state index in [1.165, 1.54) is 0 Å². The second kappa shape index (κ2) is 8.37. The van der Waals surface area contributed by atoms with E-state index in [2.05, 4.69) is 9.89 Å². The highest BCUT2D eigenvalue weighted by atomic mass is 16.5. The predicted molar refractivity (Wildman–Crippen MR) is 104 cm³/mol. The smallest absolute Gasteiger partial charge is 0.304 e. The Morgan fingerprint density at radius 3 is 3.00 bits per heavy atom. The summed E-state index contributed by atoms with van der Waals surface area (Å²) in [4.78, 5) is 17.5. The molecule has 4 rings (SSSR count). The number of carbonyl (C=O) groups is 1. The van der Waals surface area contributed by atoms with Gasteiger partial charge in [-0.2, -0.15) is 0 Å². The molecule has 1 N–H and O–H groups in total. The van der Waals surface area contributed by atoms with Gasteiger partial charge in [-0.05, 0) is 31.1 Å². The third-order valence-electron chi connectivity index (χ3n) is 4.96. The number of aliphatic imine (C=N–C) groups is 1. The first-order chi connectivity index (χ1) is 13.7. The number of carboxylic acids is 1. The van der Waals surface area contributed by atoms with E-state index in [1.807, 2.05) is 36.6 Å². The highest BCUT2D eigenvalue weighted by Gasteiger charge is 2.26. The lowest BCUT2D eigenvalue weighted by Crippen LogP contribution is -2.26. The maximum Gasteiger partial charge on any atom is 0.304 e. The molecule has 0 spiro atoms. The lowest BCUT2D eigenvalue weighted by Gasteiger charge is -2.21. The van der Waals surface area contributed by atoms with Gasteiger partial charge in [0.15, 0.2) is 11.6 Å². The highest BCUT2D eigenvalue weighted by molar-refractivity contribution is 5.99. The van der Waals surface area contributed by atoms with Crippen LogP contribution in [0, 0.1) is 0 Å². The summed E-state index contributed by atoms with van der Waals surface area (Å²) < 4.78 is 17.3. The minimum absolute atomic E-state index is 0.0805. The molecule has 1 atom stereocenters. The van der Waals surface area contributed by atoms with Gasteiger partial charge in [-0.15, -0.1) is 0 Å². The first kappa shape index (κ1) is 18.4. The number of aliphatic carboxylic acids is 1. The molecule has 3 aliphatic rings. The van der Waals surface area contributed by atoms with Crippen molar-refractivity contribution in [3.05, 3.63) is 47.9 Å². The van der Waals surface area contributed by atoms with Gasteiger partial charge in [0.2, 0.25) is 0 Å². The summed E-state index contributed by atoms with van der Waals surface area (Å²) >= 11 is 0. The average molecular weight is 384 g/mol. The number of carboxylic acid groups (broad SMARTS) is 1. The zero-order chi connectivity index (χ0) is 19.3. The summed E-state index contributed by atoms with van der Waals surface area (Å²) in [7, 11) is 0. The van der Waals surface area contributed by atoms with Gasteiger partial charge in [-0.3, -0.25) is 9.79 Å². The largest absolute Gasteiger partial charge is 0.493 e. The minimum Gasteiger partial charge on any atom is -0.493 e. The SMILES string of the molecule is O=C(O)CC1COc2cc(OCCCCOC3=CC=CN4CCN=C34)ccc21. The van der Waals surface area contributed by atoms with Crippen LogP contribution in [0.4, 0.5) is 0 Å². The number of unbranched alkanes of at least 4 members (excludes halogenated alkanes) is 1. The second-order valence-corrected chi connectivity index (χ2v) is 6.98. The van der Waals surface area contributed by atoms with Gasteiger partial charge in [0.05, 0.1) is 32.8 Å². The molecule has 1 aromatic rings. The van der Waals surface area contributed by atoms with E-state index in [4.69, 9.17) is 19.3 Å². The molecule has 0 saturated heterocycles. The van der Waals surface area contributed by atoms with Gasteiger partial charge in [0, 0.05) is 30.3 Å². The van der Waals surface area contributed by atoms with Crippen LogP contribution in [0.1, 0.15) is 30.7 Å². The Kier molecular flexibility index (Phi) is 5.50. The van der Waals surface area contributed by atoms with Crippen LogP contribution in [0.2, 0.25) is 0 Å². The monoisotopic (exact) mass is 384 g/mol. The van der Waals surface area contributed by atoms with Gasteiger partial charge in [0.25, 0.3) is 0 Å². The van der Waals surface area contributed by atoms with Crippen molar-refractivity contribution in [2.24, 2.45) is 4.99 Å². The molecular weight excluding hydrogens is 360 g/mol. The van der Waals surface area contributed by atoms with Crippen LogP contribution < -0.4 is 9.47 Å². The summed E-state index contributed by atoms with van der Waals surface area (Å²) in [6.07, 6.45) is 7.81. The van der Waals surface area contributed by atoms with Gasteiger partial charge in [0.1, 0.15) is 11.5 Å². The van der Waals surface area contributed by atoms with Crippen molar-refractivity contribution in [2.45, 2.75) is 25.2 Å². The zero-order valence-corrected chi connectivity index (χ0v) is 15.7. The summed E-state index contributed by atoms with van der Waals surface area (Å²) in [6, 6.07) is 5.63. The number of allylic oxidation sites excluding steroid dienone is 2. The molecule has 7 nitrogen and oxygen atoms in total. The van der Waals surface area contributed by atoms with E-state index >= 15 is 0 Å². The number of nitrogens with zero attached hydrogens (tertiary/aromatic N) is 2. The molecule has 0 amide bonds. The van der Waals surface area contributed by atoms with Crippen LogP contribution in [0.5, 0.6) is 11.5 Å². The van der Waals surface area contributed by atoms with Gasteiger partial charge in [-0.25, -0.2) is 0 Å². The Labute approximate surface area is 163 Å². The summed E-state index contributed by atoms with van der Waals surface area (Å²) in [5, 5.41) is 8.96. The van der Waals surface area contributed by atoms with E-state index < -0.39 is 5.97 Å². The van der Waals surface area contributed by atoms with E-state index in [0.29, 0.717) is 19.8 Å². The van der Waals surface area contributed by atoms with Gasteiger partial charge >= 0.3 is 5.97 Å². The topological polar surface area (TPSA) is 80.6 Å². The number of hydrogen-bond donors (Lipinski definition) is 1. The van der Waals surface area contributed by atoms with Crippen LogP contribution in [0.25, 0.3) is 0 Å². The van der Waals surface area contributed by atoms with Crippen LogP contribution in [0.15, 0.2) is 47.3 Å². The van der Waals surface area contributed by atoms with Crippen LogP contribution >= 0.6 is 0 Å². The minimum atomic E-state index is -0.809. The molecule has 3 heterocycles. The van der Waals surface area contributed by atoms with E-state index in [0.717, 1.165) is 54.6 Å². The fourth-order valence-electron chi connectivity index (χ4n) is 3.55. The van der Waals surface area contributed by atoms with Crippen molar-refractivity contribution in [1.29, 1.82) is 0 Å². The molecule has 148 valence electrons. The summed E-state index contributed by atoms with van der Waals surface area (Å²) in [5.41, 5.74) is 0.946. The third-order valence-corrected chi connectivity index (χ3v) is 4.96. The van der Waals surface area contributed by atoms with Crippen molar-refractivity contribution >= 4 is 11.8 Å². The number of hydrogen-bond acceptors (Lipinski definition) is 6. The number of ether oxygens (including phenoxy) is 3. The molecule has 0 bridgehead atoms. The molecule has 0 aromatic heterocycles. The van der Waals surface area contributed by atoms with E-state index in [-0.39, 0.29) is 12.3 Å². The average Bonchev–Trinajstić information content (AvgIpc) is 3.31. The first-order valence-electron chi connectivity index (χ1n) is 9.65. The number of benzene rings is 1. The normalized spacial score (nSPS) is 19.4. The molecule has 7 heteroatoms. The molecule has 0 aliphatic carbocycles. The Morgan fingerprint density at radius 2 is 2.14 bits per heavy atom. The van der Waals surface area contributed by atoms with Crippen molar-refractivity contribution in [2.75, 3.05) is 32.9 Å². The third kappa shape index (κ3) is 4.13. The zero-order valence-electron chi connectivity index (χ0n) is 15.7. The Bertz CT molecular complexity index is 830. The van der Waals surface area contributed by atoms with E-state index in [1.54, 1.807) is 0 Å². The maximum atomic E-state index is 10.9. The van der Waals surface area contributed by atoms with Crippen LogP contribution in [0.3, 0.4) is 0 Å². The predicted octanol–water partition coefficient (Wildman–Crippen LogP) is 2.94. The standard InChI is InChI=1S/C21H24N2O5/c24-20(25)12-15-14-28-19-13-16(5-6-17(15)19)26-10-1-2-11-27-18-4-3-8-23-9-7-22-21(18)23/h3-6,8,13,15H,1-2,7,9-12,14H2,(H,24,25).